The second-order valence-electron chi connectivity index (χ2n) is 7.94. The van der Waals surface area contributed by atoms with Crippen LogP contribution in [0, 0.1) is 13.8 Å². The fourth-order valence-electron chi connectivity index (χ4n) is 4.05. The zero-order valence-corrected chi connectivity index (χ0v) is 17.6. The number of nitrogens with zero attached hydrogens (tertiary/aromatic N) is 2. The van der Waals surface area contributed by atoms with Crippen LogP contribution in [0.3, 0.4) is 0 Å². The number of nitrogens with one attached hydrogen (secondary N) is 1. The summed E-state index contributed by atoms with van der Waals surface area (Å²) in [5.74, 6) is -0.255. The van der Waals surface area contributed by atoms with E-state index in [9.17, 15) is 9.59 Å². The van der Waals surface area contributed by atoms with E-state index < -0.39 is 5.91 Å². The highest BCUT2D eigenvalue weighted by molar-refractivity contribution is 5.90. The van der Waals surface area contributed by atoms with Gasteiger partial charge in [-0.3, -0.25) is 19.8 Å². The Labute approximate surface area is 180 Å². The quantitative estimate of drug-likeness (QED) is 0.473. The number of likely N-dealkylation sites (tertiary alicyclic amines) is 1. The molecule has 1 saturated heterocycles. The van der Waals surface area contributed by atoms with Gasteiger partial charge < -0.3 is 9.64 Å². The van der Waals surface area contributed by atoms with Gasteiger partial charge in [-0.15, -0.1) is 0 Å². The van der Waals surface area contributed by atoms with Crippen LogP contribution >= 0.6 is 0 Å². The summed E-state index contributed by atoms with van der Waals surface area (Å²) in [7, 11) is 0. The van der Waals surface area contributed by atoms with Gasteiger partial charge in [-0.05, 0) is 56.2 Å². The molecule has 0 aliphatic carbocycles. The highest BCUT2D eigenvalue weighted by atomic mass is 16.5. The number of carbonyl (C=O) groups excluding carboxylic acids is 2. The number of fused-ring (bicyclic) bond motifs is 1. The molecule has 0 saturated carbocycles. The lowest BCUT2D eigenvalue weighted by Crippen LogP contribution is -2.37. The average Bonchev–Trinajstić information content (AvgIpc) is 3.12. The summed E-state index contributed by atoms with van der Waals surface area (Å²) in [4.78, 5) is 30.0. The minimum atomic E-state index is -0.591. The number of pyridine rings is 1. The molecule has 2 N–H and O–H groups in total. The summed E-state index contributed by atoms with van der Waals surface area (Å²) >= 11 is 0. The monoisotopic (exact) mass is 419 g/mol. The van der Waals surface area contributed by atoms with Crippen LogP contribution in [0.25, 0.3) is 10.9 Å². The number of ether oxygens (including phenoxy) is 1. The van der Waals surface area contributed by atoms with Crippen molar-refractivity contribution >= 4 is 22.7 Å². The minimum absolute atomic E-state index is 0.105. The van der Waals surface area contributed by atoms with Crippen molar-refractivity contribution in [3.8, 4) is 5.75 Å². The van der Waals surface area contributed by atoms with Crippen molar-refractivity contribution in [1.82, 2.24) is 15.4 Å². The molecule has 1 unspecified atom stereocenters. The molecule has 160 valence electrons. The summed E-state index contributed by atoms with van der Waals surface area (Å²) in [5.41, 5.74) is 6.62. The van der Waals surface area contributed by atoms with E-state index >= 15 is 0 Å². The first-order chi connectivity index (χ1) is 14.9. The smallest absolute Gasteiger partial charge is 0.262 e. The summed E-state index contributed by atoms with van der Waals surface area (Å²) in [5, 5.41) is 9.75. The molecular weight excluding hydrogens is 394 g/mol. The van der Waals surface area contributed by atoms with Gasteiger partial charge in [0.1, 0.15) is 18.9 Å². The number of aryl methyl sites for hydroxylation is 2. The molecule has 1 fully saturated rings. The molecule has 1 atom stereocenters. The van der Waals surface area contributed by atoms with Gasteiger partial charge in [0.25, 0.3) is 5.91 Å². The van der Waals surface area contributed by atoms with E-state index in [2.05, 4.69) is 24.0 Å². The molecular formula is C24H25N3O4. The lowest BCUT2D eigenvalue weighted by atomic mass is 9.98. The van der Waals surface area contributed by atoms with Crippen LogP contribution < -0.4 is 10.2 Å². The van der Waals surface area contributed by atoms with Crippen molar-refractivity contribution in [1.29, 1.82) is 0 Å². The van der Waals surface area contributed by atoms with Crippen molar-refractivity contribution < 1.29 is 19.5 Å². The molecule has 7 heteroatoms. The minimum Gasteiger partial charge on any atom is -0.489 e. The van der Waals surface area contributed by atoms with E-state index in [0.717, 1.165) is 33.5 Å². The fourth-order valence-corrected chi connectivity index (χ4v) is 4.05. The Hall–Kier alpha value is -3.45. The summed E-state index contributed by atoms with van der Waals surface area (Å²) in [6.45, 7) is 4.82. The van der Waals surface area contributed by atoms with Crippen molar-refractivity contribution in [2.45, 2.75) is 32.8 Å². The zero-order valence-electron chi connectivity index (χ0n) is 17.6. The number of hydroxylamine groups is 1. The third-order valence-corrected chi connectivity index (χ3v) is 5.61. The lowest BCUT2D eigenvalue weighted by molar-refractivity contribution is -0.137. The Morgan fingerprint density at radius 1 is 1.19 bits per heavy atom. The molecule has 2 amide bonds. The maximum atomic E-state index is 12.6. The molecule has 3 aromatic rings. The van der Waals surface area contributed by atoms with Crippen LogP contribution in [-0.4, -0.2) is 40.0 Å². The molecule has 2 aromatic carbocycles. The van der Waals surface area contributed by atoms with Crippen LogP contribution in [0.5, 0.6) is 5.75 Å². The molecule has 1 aliphatic heterocycles. The Balaban J connectivity index is 1.44. The number of hydrogen-bond acceptors (Lipinski definition) is 5. The third-order valence-electron chi connectivity index (χ3n) is 5.61. The third kappa shape index (κ3) is 4.51. The summed E-state index contributed by atoms with van der Waals surface area (Å²) in [6.07, 6.45) is 0.638. The van der Waals surface area contributed by atoms with E-state index in [-0.39, 0.29) is 18.4 Å². The Bertz CT molecular complexity index is 1130. The van der Waals surface area contributed by atoms with Crippen molar-refractivity contribution in [3.63, 3.8) is 0 Å². The number of hydrogen-bond donors (Lipinski definition) is 2. The predicted octanol–water partition coefficient (Wildman–Crippen LogP) is 3.25. The standard InChI is InChI=1S/C24H25N3O4/c1-15-3-8-22-21(11-15)18(12-16(2)25-22)14-31-19-6-4-17(5-7-19)20-9-10-27(24(20)29)13-23(28)26-30/h3-8,11-12,20,30H,9-10,13-14H2,1-2H3,(H,26,28). The number of amides is 2. The van der Waals surface area contributed by atoms with Gasteiger partial charge in [-0.1, -0.05) is 23.8 Å². The molecule has 0 radical (unpaired) electrons. The normalized spacial score (nSPS) is 16.0. The molecule has 0 spiro atoms. The molecule has 1 aliphatic rings. The second-order valence-corrected chi connectivity index (χ2v) is 7.94. The predicted molar refractivity (Wildman–Crippen MR) is 116 cm³/mol. The molecule has 1 aromatic heterocycles. The average molecular weight is 419 g/mol. The first-order valence-corrected chi connectivity index (χ1v) is 10.3. The van der Waals surface area contributed by atoms with Gasteiger partial charge in [0, 0.05) is 23.2 Å². The van der Waals surface area contributed by atoms with Crippen LogP contribution in [-0.2, 0) is 16.2 Å². The van der Waals surface area contributed by atoms with Crippen molar-refractivity contribution in [3.05, 3.63) is 70.9 Å². The number of carbonyl (C=O) groups is 2. The van der Waals surface area contributed by atoms with E-state index in [1.807, 2.05) is 43.3 Å². The van der Waals surface area contributed by atoms with E-state index in [1.165, 1.54) is 10.5 Å². The zero-order chi connectivity index (χ0) is 22.0. The van der Waals surface area contributed by atoms with Crippen LogP contribution in [0.2, 0.25) is 0 Å². The number of rotatable bonds is 6. The highest BCUT2D eigenvalue weighted by Crippen LogP contribution is 2.30. The van der Waals surface area contributed by atoms with Gasteiger partial charge in [-0.2, -0.15) is 0 Å². The van der Waals surface area contributed by atoms with Gasteiger partial charge in [0.05, 0.1) is 11.4 Å². The summed E-state index contributed by atoms with van der Waals surface area (Å²) in [6, 6.07) is 15.8. The lowest BCUT2D eigenvalue weighted by Gasteiger charge is -2.15. The molecule has 7 nitrogen and oxygen atoms in total. The van der Waals surface area contributed by atoms with Crippen molar-refractivity contribution in [2.24, 2.45) is 0 Å². The van der Waals surface area contributed by atoms with Crippen LogP contribution in [0.1, 0.15) is 34.7 Å². The number of benzene rings is 2. The maximum absolute atomic E-state index is 12.6. The topological polar surface area (TPSA) is 91.8 Å². The van der Waals surface area contributed by atoms with Gasteiger partial charge in [0.2, 0.25) is 5.91 Å². The van der Waals surface area contributed by atoms with E-state index in [4.69, 9.17) is 9.94 Å². The van der Waals surface area contributed by atoms with Gasteiger partial charge in [0.15, 0.2) is 0 Å². The highest BCUT2D eigenvalue weighted by Gasteiger charge is 2.33. The van der Waals surface area contributed by atoms with E-state index in [1.54, 1.807) is 5.48 Å². The maximum Gasteiger partial charge on any atom is 0.262 e. The van der Waals surface area contributed by atoms with Crippen LogP contribution in [0.15, 0.2) is 48.5 Å². The fraction of sp³-hybridized carbons (Fsp3) is 0.292. The Kier molecular flexibility index (Phi) is 5.86. The van der Waals surface area contributed by atoms with E-state index in [0.29, 0.717) is 19.6 Å². The first-order valence-electron chi connectivity index (χ1n) is 10.3. The Morgan fingerprint density at radius 2 is 1.97 bits per heavy atom. The largest absolute Gasteiger partial charge is 0.489 e. The summed E-state index contributed by atoms with van der Waals surface area (Å²) < 4.78 is 6.02. The first kappa shape index (κ1) is 20.8. The molecule has 0 bridgehead atoms. The molecule has 2 heterocycles. The molecule has 4 rings (SSSR count). The van der Waals surface area contributed by atoms with Crippen LogP contribution in [0.4, 0.5) is 0 Å². The molecule has 31 heavy (non-hydrogen) atoms. The second kappa shape index (κ2) is 8.73. The SMILES string of the molecule is Cc1ccc2nc(C)cc(COc3ccc(C4CCN(CC(=O)NO)C4=O)cc3)c2c1. The van der Waals surface area contributed by atoms with Gasteiger partial charge in [-0.25, -0.2) is 5.48 Å². The van der Waals surface area contributed by atoms with Crippen molar-refractivity contribution in [2.75, 3.05) is 13.1 Å². The number of aromatic nitrogens is 1. The Morgan fingerprint density at radius 3 is 2.71 bits per heavy atom. The van der Waals surface area contributed by atoms with Gasteiger partial charge >= 0.3 is 0 Å².